The van der Waals surface area contributed by atoms with E-state index >= 15 is 0 Å². The van der Waals surface area contributed by atoms with Crippen molar-refractivity contribution >= 4 is 67.8 Å². The van der Waals surface area contributed by atoms with E-state index in [4.69, 9.17) is 0 Å². The summed E-state index contributed by atoms with van der Waals surface area (Å²) in [7, 11) is 0. The Morgan fingerprint density at radius 1 is 0.385 bits per heavy atom. The molecule has 2 aliphatic carbocycles. The lowest BCUT2D eigenvalue weighted by molar-refractivity contribution is 1.22. The lowest BCUT2D eigenvalue weighted by Crippen LogP contribution is -2.13. The molecule has 0 saturated carbocycles. The third kappa shape index (κ3) is 5.11. The number of fused-ring (bicyclic) bond motifs is 1. The Morgan fingerprint density at radius 3 is 1.56 bits per heavy atom. The summed E-state index contributed by atoms with van der Waals surface area (Å²) in [6, 6.07) is 61.7. The van der Waals surface area contributed by atoms with E-state index in [1.807, 2.05) is 0 Å². The summed E-state index contributed by atoms with van der Waals surface area (Å²) >= 11 is 0. The summed E-state index contributed by atoms with van der Waals surface area (Å²) in [5.74, 6) is 0. The quantitative estimate of drug-likeness (QED) is 0.167. The molecule has 246 valence electrons. The Kier molecular flexibility index (Phi) is 7.32. The summed E-state index contributed by atoms with van der Waals surface area (Å²) in [4.78, 5) is 4.78. The van der Waals surface area contributed by atoms with E-state index in [9.17, 15) is 0 Å². The minimum absolute atomic E-state index is 0.972. The van der Waals surface area contributed by atoms with Crippen LogP contribution in [0.25, 0.3) is 44.8 Å². The van der Waals surface area contributed by atoms with Gasteiger partial charge in [0, 0.05) is 33.7 Å². The van der Waals surface area contributed by atoms with E-state index in [-0.39, 0.29) is 0 Å². The minimum Gasteiger partial charge on any atom is -0.310 e. The lowest BCUT2D eigenvalue weighted by Gasteiger charge is -2.31. The third-order valence-electron chi connectivity index (χ3n) is 10.6. The highest BCUT2D eigenvalue weighted by atomic mass is 15.1. The molecule has 2 aliphatic rings. The fourth-order valence-electron chi connectivity index (χ4n) is 8.21. The smallest absolute Gasteiger partial charge is 0.0546 e. The van der Waals surface area contributed by atoms with E-state index in [1.54, 1.807) is 0 Å². The van der Waals surface area contributed by atoms with Crippen LogP contribution in [0, 0.1) is 0 Å². The highest BCUT2D eigenvalue weighted by Crippen LogP contribution is 2.46. The average molecular weight is 665 g/mol. The van der Waals surface area contributed by atoms with Crippen LogP contribution < -0.4 is 9.80 Å². The van der Waals surface area contributed by atoms with Gasteiger partial charge in [0.2, 0.25) is 0 Å². The molecule has 0 heterocycles. The molecular formula is C50H36N2. The zero-order chi connectivity index (χ0) is 34.4. The number of benzene rings is 8. The molecule has 0 aliphatic heterocycles. The predicted molar refractivity (Wildman–Crippen MR) is 222 cm³/mol. The molecule has 0 bridgehead atoms. The molecule has 8 aromatic rings. The van der Waals surface area contributed by atoms with Gasteiger partial charge in [-0.1, -0.05) is 133 Å². The van der Waals surface area contributed by atoms with E-state index in [0.29, 0.717) is 0 Å². The second kappa shape index (κ2) is 12.6. The van der Waals surface area contributed by atoms with Gasteiger partial charge in [0.05, 0.1) is 11.4 Å². The fourth-order valence-corrected chi connectivity index (χ4v) is 8.21. The van der Waals surface area contributed by atoms with Gasteiger partial charge in [0.1, 0.15) is 0 Å². The summed E-state index contributed by atoms with van der Waals surface area (Å²) in [6.45, 7) is 0. The van der Waals surface area contributed by atoms with Crippen molar-refractivity contribution in [3.8, 4) is 11.1 Å². The van der Waals surface area contributed by atoms with Crippen LogP contribution in [0.3, 0.4) is 0 Å². The second-order valence-electron chi connectivity index (χ2n) is 13.7. The molecule has 0 unspecified atom stereocenters. The molecule has 8 aromatic carbocycles. The first-order chi connectivity index (χ1) is 25.8. The van der Waals surface area contributed by atoms with Gasteiger partial charge in [-0.25, -0.2) is 0 Å². The fraction of sp³-hybridized carbons (Fsp3) is 0.0400. The van der Waals surface area contributed by atoms with Crippen molar-refractivity contribution in [3.05, 3.63) is 204 Å². The van der Waals surface area contributed by atoms with Crippen LogP contribution in [-0.4, -0.2) is 0 Å². The van der Waals surface area contributed by atoms with Gasteiger partial charge in [-0.3, -0.25) is 0 Å². The van der Waals surface area contributed by atoms with Crippen molar-refractivity contribution in [2.24, 2.45) is 0 Å². The van der Waals surface area contributed by atoms with Crippen LogP contribution in [0.5, 0.6) is 0 Å². The van der Waals surface area contributed by atoms with Gasteiger partial charge in [0.25, 0.3) is 0 Å². The van der Waals surface area contributed by atoms with Gasteiger partial charge in [-0.15, -0.1) is 0 Å². The molecule has 0 atom stereocenters. The van der Waals surface area contributed by atoms with Crippen LogP contribution in [0.1, 0.15) is 22.3 Å². The van der Waals surface area contributed by atoms with Gasteiger partial charge >= 0.3 is 0 Å². The molecule has 2 heteroatoms. The van der Waals surface area contributed by atoms with Crippen LogP contribution in [-0.2, 0) is 12.8 Å². The minimum atomic E-state index is 0.972. The number of rotatable bonds is 7. The molecule has 0 saturated heterocycles. The van der Waals surface area contributed by atoms with Gasteiger partial charge in [0.15, 0.2) is 0 Å². The maximum absolute atomic E-state index is 2.43. The Bertz CT molecular complexity index is 2650. The van der Waals surface area contributed by atoms with Crippen molar-refractivity contribution in [1.29, 1.82) is 0 Å². The molecule has 10 rings (SSSR count). The summed E-state index contributed by atoms with van der Waals surface area (Å²) < 4.78 is 0. The van der Waals surface area contributed by atoms with E-state index in [0.717, 1.165) is 41.3 Å². The molecule has 2 nitrogen and oxygen atoms in total. The van der Waals surface area contributed by atoms with Crippen molar-refractivity contribution in [1.82, 2.24) is 0 Å². The number of nitrogens with zero attached hydrogens (tertiary/aromatic N) is 2. The van der Waals surface area contributed by atoms with Crippen molar-refractivity contribution in [2.75, 3.05) is 9.80 Å². The monoisotopic (exact) mass is 664 g/mol. The Balaban J connectivity index is 1.04. The Labute approximate surface area is 304 Å². The maximum Gasteiger partial charge on any atom is 0.0546 e. The van der Waals surface area contributed by atoms with Gasteiger partial charge in [-0.05, 0) is 117 Å². The first kappa shape index (κ1) is 30.2. The molecule has 0 amide bonds. The van der Waals surface area contributed by atoms with Crippen molar-refractivity contribution in [3.63, 3.8) is 0 Å². The normalized spacial score (nSPS) is 12.7. The largest absolute Gasteiger partial charge is 0.310 e. The number of hydrogen-bond donors (Lipinski definition) is 0. The van der Waals surface area contributed by atoms with Crippen molar-refractivity contribution < 1.29 is 0 Å². The standard InChI is InChI=1S/C50H36N2/c1-3-17-41(18-4-1)51(47-23-11-13-37-12-7-8-21-45(37)47)43-30-26-35(27-31-43)36-28-32-44(33-29-36)52(42-19-5-2-6-20-42)48-34-40-16-9-14-38-24-25-39-15-10-22-46(48)50(39)49(38)40/h1-13,16-34H,14-15H2. The van der Waals surface area contributed by atoms with Crippen molar-refractivity contribution in [2.45, 2.75) is 12.8 Å². The summed E-state index contributed by atoms with van der Waals surface area (Å²) in [6.07, 6.45) is 11.2. The van der Waals surface area contributed by atoms with Crippen LogP contribution in [0.15, 0.2) is 182 Å². The topological polar surface area (TPSA) is 6.48 Å². The molecule has 0 aromatic heterocycles. The molecule has 0 fully saturated rings. The van der Waals surface area contributed by atoms with Crippen LogP contribution in [0.2, 0.25) is 0 Å². The van der Waals surface area contributed by atoms with E-state index in [1.165, 1.54) is 60.6 Å². The molecule has 0 N–H and O–H groups in total. The highest BCUT2D eigenvalue weighted by molar-refractivity contribution is 6.08. The zero-order valence-electron chi connectivity index (χ0n) is 28.8. The molecular weight excluding hydrogens is 629 g/mol. The van der Waals surface area contributed by atoms with Crippen LogP contribution >= 0.6 is 0 Å². The number of hydrogen-bond acceptors (Lipinski definition) is 2. The summed E-state index contributed by atoms with van der Waals surface area (Å²) in [5.41, 5.74) is 14.7. The van der Waals surface area contributed by atoms with E-state index in [2.05, 4.69) is 204 Å². The number of anilines is 6. The summed E-state index contributed by atoms with van der Waals surface area (Å²) in [5, 5.41) is 5.28. The Hall–Kier alpha value is -6.64. The average Bonchev–Trinajstić information content (AvgIpc) is 3.22. The van der Waals surface area contributed by atoms with Gasteiger partial charge in [-0.2, -0.15) is 0 Å². The van der Waals surface area contributed by atoms with Gasteiger partial charge < -0.3 is 9.80 Å². The molecule has 0 radical (unpaired) electrons. The lowest BCUT2D eigenvalue weighted by atomic mass is 9.84. The zero-order valence-corrected chi connectivity index (χ0v) is 28.8. The Morgan fingerprint density at radius 2 is 0.904 bits per heavy atom. The predicted octanol–water partition coefficient (Wildman–Crippen LogP) is 13.7. The maximum atomic E-state index is 2.43. The number of allylic oxidation sites excluding steroid dienone is 2. The molecule has 0 spiro atoms. The third-order valence-corrected chi connectivity index (χ3v) is 10.6. The molecule has 52 heavy (non-hydrogen) atoms. The second-order valence-corrected chi connectivity index (χ2v) is 13.7. The highest BCUT2D eigenvalue weighted by Gasteiger charge is 2.24. The SMILES string of the molecule is C1=Cc2cc(N(c3ccccc3)c3ccc(-c4ccc(N(c5ccccc5)c5cccc6ccccc56)cc4)cc3)c3c4c(ccc(c24)C1)CC=C3. The first-order valence-electron chi connectivity index (χ1n) is 18.1. The first-order valence-corrected chi connectivity index (χ1v) is 18.1. The number of para-hydroxylation sites is 2. The van der Waals surface area contributed by atoms with Crippen LogP contribution in [0.4, 0.5) is 34.1 Å². The van der Waals surface area contributed by atoms with E-state index < -0.39 is 0 Å².